The molecule has 14 heavy (non-hydrogen) atoms. The van der Waals surface area contributed by atoms with Crippen LogP contribution in [-0.2, 0) is 4.74 Å². The monoisotopic (exact) mass is 258 g/mol. The fourth-order valence-corrected chi connectivity index (χ4v) is 6.32. The van der Waals surface area contributed by atoms with Gasteiger partial charge in [0.15, 0.2) is 0 Å². The second kappa shape index (κ2) is 2.98. The molecule has 0 aromatic rings. The lowest BCUT2D eigenvalue weighted by atomic mass is 9.50. The zero-order valence-corrected chi connectivity index (χ0v) is 10.5. The molecule has 0 N–H and O–H groups in total. The minimum atomic E-state index is 0.496. The van der Waals surface area contributed by atoms with Crippen LogP contribution < -0.4 is 0 Å². The summed E-state index contributed by atoms with van der Waals surface area (Å²) in [6.45, 7) is 0.993. The summed E-state index contributed by atoms with van der Waals surface area (Å²) in [5, 5.41) is 0. The SMILES string of the molecule is COCC12C[C@@H]3C[C@@H](CC(Br)(C3)C1)C2. The molecular formula is C12H19BrO. The lowest BCUT2D eigenvalue weighted by Crippen LogP contribution is -2.54. The molecule has 0 aliphatic heterocycles. The number of ether oxygens (including phenoxy) is 1. The van der Waals surface area contributed by atoms with Crippen LogP contribution in [0.25, 0.3) is 0 Å². The van der Waals surface area contributed by atoms with E-state index < -0.39 is 0 Å². The highest BCUT2D eigenvalue weighted by Crippen LogP contribution is 2.64. The van der Waals surface area contributed by atoms with Crippen molar-refractivity contribution in [3.05, 3.63) is 0 Å². The molecule has 0 radical (unpaired) electrons. The van der Waals surface area contributed by atoms with Crippen molar-refractivity contribution in [3.8, 4) is 0 Å². The van der Waals surface area contributed by atoms with Gasteiger partial charge in [-0.3, -0.25) is 0 Å². The highest BCUT2D eigenvalue weighted by molar-refractivity contribution is 9.10. The van der Waals surface area contributed by atoms with E-state index in [1.807, 2.05) is 7.11 Å². The van der Waals surface area contributed by atoms with Crippen LogP contribution in [0.3, 0.4) is 0 Å². The molecule has 4 atom stereocenters. The maximum Gasteiger partial charge on any atom is 0.0519 e. The fourth-order valence-electron chi connectivity index (χ4n) is 4.81. The average molecular weight is 259 g/mol. The Bertz CT molecular complexity index is 237. The molecule has 0 aromatic heterocycles. The van der Waals surface area contributed by atoms with Gasteiger partial charge in [-0.15, -0.1) is 0 Å². The van der Waals surface area contributed by atoms with Crippen LogP contribution in [0.4, 0.5) is 0 Å². The van der Waals surface area contributed by atoms with Crippen molar-refractivity contribution in [1.29, 1.82) is 0 Å². The predicted molar refractivity (Wildman–Crippen MR) is 60.6 cm³/mol. The van der Waals surface area contributed by atoms with Gasteiger partial charge in [-0.05, 0) is 55.8 Å². The van der Waals surface area contributed by atoms with E-state index in [0.717, 1.165) is 18.4 Å². The molecular weight excluding hydrogens is 240 g/mol. The third-order valence-electron chi connectivity index (χ3n) is 4.56. The summed E-state index contributed by atoms with van der Waals surface area (Å²) in [5.74, 6) is 1.98. The third-order valence-corrected chi connectivity index (χ3v) is 5.49. The lowest BCUT2D eigenvalue weighted by molar-refractivity contribution is -0.0746. The molecule has 4 bridgehead atoms. The normalized spacial score (nSPS) is 55.3. The Morgan fingerprint density at radius 3 is 2.36 bits per heavy atom. The molecule has 0 saturated heterocycles. The molecule has 4 aliphatic rings. The predicted octanol–water partition coefficient (Wildman–Crippen LogP) is 3.37. The first-order valence-corrected chi connectivity index (χ1v) is 6.60. The summed E-state index contributed by atoms with van der Waals surface area (Å²) >= 11 is 4.01. The Kier molecular flexibility index (Phi) is 2.05. The van der Waals surface area contributed by atoms with Crippen molar-refractivity contribution >= 4 is 15.9 Å². The van der Waals surface area contributed by atoms with Gasteiger partial charge in [-0.25, -0.2) is 0 Å². The molecule has 4 aliphatic carbocycles. The van der Waals surface area contributed by atoms with Crippen molar-refractivity contribution in [2.24, 2.45) is 17.3 Å². The fraction of sp³-hybridized carbons (Fsp3) is 1.00. The average Bonchev–Trinajstić information content (AvgIpc) is 1.97. The molecule has 2 unspecified atom stereocenters. The molecule has 0 amide bonds. The zero-order chi connectivity index (χ0) is 9.81. The Hall–Kier alpha value is 0.440. The van der Waals surface area contributed by atoms with Crippen molar-refractivity contribution in [2.45, 2.75) is 42.8 Å². The smallest absolute Gasteiger partial charge is 0.0519 e. The maximum atomic E-state index is 5.45. The van der Waals surface area contributed by atoms with Crippen LogP contribution in [0.5, 0.6) is 0 Å². The second-order valence-electron chi connectivity index (χ2n) is 6.04. The maximum absolute atomic E-state index is 5.45. The van der Waals surface area contributed by atoms with Gasteiger partial charge in [0.1, 0.15) is 0 Å². The number of alkyl halides is 1. The topological polar surface area (TPSA) is 9.23 Å². The minimum absolute atomic E-state index is 0.496. The summed E-state index contributed by atoms with van der Waals surface area (Å²) in [6, 6.07) is 0. The lowest BCUT2D eigenvalue weighted by Gasteiger charge is -2.60. The Labute approximate surface area is 94.7 Å². The Morgan fingerprint density at radius 1 is 1.21 bits per heavy atom. The van der Waals surface area contributed by atoms with Gasteiger partial charge in [0.25, 0.3) is 0 Å². The molecule has 0 heterocycles. The quantitative estimate of drug-likeness (QED) is 0.691. The van der Waals surface area contributed by atoms with E-state index in [9.17, 15) is 0 Å². The zero-order valence-electron chi connectivity index (χ0n) is 8.89. The third kappa shape index (κ3) is 1.37. The van der Waals surface area contributed by atoms with E-state index in [4.69, 9.17) is 4.74 Å². The molecule has 2 heteroatoms. The van der Waals surface area contributed by atoms with Crippen LogP contribution in [0, 0.1) is 17.3 Å². The van der Waals surface area contributed by atoms with Gasteiger partial charge < -0.3 is 4.74 Å². The van der Waals surface area contributed by atoms with Crippen LogP contribution in [-0.4, -0.2) is 18.0 Å². The number of hydrogen-bond acceptors (Lipinski definition) is 1. The van der Waals surface area contributed by atoms with E-state index in [1.54, 1.807) is 0 Å². The number of rotatable bonds is 2. The first-order valence-electron chi connectivity index (χ1n) is 5.81. The van der Waals surface area contributed by atoms with E-state index in [0.29, 0.717) is 9.74 Å². The van der Waals surface area contributed by atoms with Crippen LogP contribution in [0.1, 0.15) is 38.5 Å². The van der Waals surface area contributed by atoms with Crippen molar-refractivity contribution < 1.29 is 4.74 Å². The number of methoxy groups -OCH3 is 1. The van der Waals surface area contributed by atoms with E-state index in [-0.39, 0.29) is 0 Å². The summed E-state index contributed by atoms with van der Waals surface area (Å²) < 4.78 is 5.95. The summed E-state index contributed by atoms with van der Waals surface area (Å²) in [5.41, 5.74) is 0.544. The van der Waals surface area contributed by atoms with E-state index in [1.165, 1.54) is 38.5 Å². The first kappa shape index (κ1) is 9.65. The van der Waals surface area contributed by atoms with Gasteiger partial charge >= 0.3 is 0 Å². The van der Waals surface area contributed by atoms with Gasteiger partial charge in [0, 0.05) is 11.4 Å². The van der Waals surface area contributed by atoms with Gasteiger partial charge in [0.2, 0.25) is 0 Å². The molecule has 4 saturated carbocycles. The van der Waals surface area contributed by atoms with Crippen molar-refractivity contribution in [3.63, 3.8) is 0 Å². The van der Waals surface area contributed by atoms with E-state index >= 15 is 0 Å². The standard InChI is InChI=1S/C12H19BrO/c1-14-8-11-3-9-2-10(4-11)6-12(13,5-9)7-11/h9-10H,2-8H2,1H3/t9-,10+,11?,12?. The Balaban J connectivity index is 1.89. The molecule has 4 rings (SSSR count). The molecule has 1 nitrogen and oxygen atoms in total. The van der Waals surface area contributed by atoms with Gasteiger partial charge in [-0.1, -0.05) is 15.9 Å². The highest BCUT2D eigenvalue weighted by Gasteiger charge is 2.56. The van der Waals surface area contributed by atoms with Gasteiger partial charge in [-0.2, -0.15) is 0 Å². The first-order chi connectivity index (χ1) is 6.63. The minimum Gasteiger partial charge on any atom is -0.384 e. The van der Waals surface area contributed by atoms with Crippen molar-refractivity contribution in [2.75, 3.05) is 13.7 Å². The second-order valence-corrected chi connectivity index (χ2v) is 7.73. The molecule has 0 spiro atoms. The Morgan fingerprint density at radius 2 is 1.86 bits per heavy atom. The van der Waals surface area contributed by atoms with Crippen LogP contribution in [0.2, 0.25) is 0 Å². The van der Waals surface area contributed by atoms with Crippen LogP contribution >= 0.6 is 15.9 Å². The highest BCUT2D eigenvalue weighted by atomic mass is 79.9. The van der Waals surface area contributed by atoms with Crippen molar-refractivity contribution in [1.82, 2.24) is 0 Å². The molecule has 80 valence electrons. The van der Waals surface area contributed by atoms with Gasteiger partial charge in [0.05, 0.1) is 6.61 Å². The summed E-state index contributed by atoms with van der Waals surface area (Å²) in [7, 11) is 1.86. The summed E-state index contributed by atoms with van der Waals surface area (Å²) in [4.78, 5) is 0. The summed E-state index contributed by atoms with van der Waals surface area (Å²) in [6.07, 6.45) is 8.58. The largest absolute Gasteiger partial charge is 0.384 e. The van der Waals surface area contributed by atoms with E-state index in [2.05, 4.69) is 15.9 Å². The molecule has 4 fully saturated rings. The number of halogens is 1. The van der Waals surface area contributed by atoms with Crippen LogP contribution in [0.15, 0.2) is 0 Å². The number of hydrogen-bond donors (Lipinski definition) is 0. The molecule has 0 aromatic carbocycles.